The Hall–Kier alpha value is -3.35. The van der Waals surface area contributed by atoms with Crippen LogP contribution in [-0.2, 0) is 14.3 Å². The normalized spacial score (nSPS) is 20.6. The quantitative estimate of drug-likeness (QED) is 0.540. The molecule has 0 aliphatic heterocycles. The number of hydrogen-bond acceptors (Lipinski definition) is 4. The molecule has 0 aromatic heterocycles. The van der Waals surface area contributed by atoms with Crippen LogP contribution in [0.3, 0.4) is 0 Å². The Morgan fingerprint density at radius 1 is 1.03 bits per heavy atom. The first kappa shape index (κ1) is 23.8. The molecule has 2 aliphatic rings. The van der Waals surface area contributed by atoms with Gasteiger partial charge in [-0.15, -0.1) is 0 Å². The highest BCUT2D eigenvalue weighted by Gasteiger charge is 2.35. The van der Waals surface area contributed by atoms with Gasteiger partial charge < -0.3 is 20.5 Å². The molecule has 7 heteroatoms. The summed E-state index contributed by atoms with van der Waals surface area (Å²) in [4.78, 5) is 36.7. The molecule has 34 heavy (non-hydrogen) atoms. The number of hydrogen-bond donors (Lipinski definition) is 3. The van der Waals surface area contributed by atoms with E-state index in [1.54, 1.807) is 0 Å². The molecule has 2 aromatic carbocycles. The number of nitrogens with one attached hydrogen (secondary N) is 2. The molecule has 2 aromatic rings. The molecular formula is C27H32N2O5. The molecule has 4 rings (SSSR count). The molecule has 1 saturated carbocycles. The molecule has 2 amide bonds. The summed E-state index contributed by atoms with van der Waals surface area (Å²) in [6, 6.07) is 15.3. The second kappa shape index (κ2) is 10.3. The zero-order valence-corrected chi connectivity index (χ0v) is 19.6. The van der Waals surface area contributed by atoms with Crippen LogP contribution in [0.1, 0.15) is 56.6 Å². The summed E-state index contributed by atoms with van der Waals surface area (Å²) >= 11 is 0. The minimum absolute atomic E-state index is 0.00578. The summed E-state index contributed by atoms with van der Waals surface area (Å²) in [5.41, 5.74) is 4.66. The summed E-state index contributed by atoms with van der Waals surface area (Å²) in [5.74, 6) is -1.75. The molecule has 4 atom stereocenters. The van der Waals surface area contributed by atoms with Gasteiger partial charge in [0, 0.05) is 17.9 Å². The van der Waals surface area contributed by atoms with Crippen LogP contribution in [0.2, 0.25) is 0 Å². The molecule has 1 unspecified atom stereocenters. The van der Waals surface area contributed by atoms with Gasteiger partial charge >= 0.3 is 12.1 Å². The molecule has 1 fully saturated rings. The van der Waals surface area contributed by atoms with Gasteiger partial charge in [-0.1, -0.05) is 68.8 Å². The number of carbonyl (C=O) groups is 3. The van der Waals surface area contributed by atoms with Crippen molar-refractivity contribution in [2.75, 3.05) is 6.61 Å². The fourth-order valence-corrected chi connectivity index (χ4v) is 5.11. The number of amides is 2. The molecule has 0 spiro atoms. The summed E-state index contributed by atoms with van der Waals surface area (Å²) in [5, 5.41) is 15.0. The van der Waals surface area contributed by atoms with Crippen molar-refractivity contribution in [3.63, 3.8) is 0 Å². The van der Waals surface area contributed by atoms with Gasteiger partial charge in [-0.3, -0.25) is 4.79 Å². The minimum Gasteiger partial charge on any atom is -0.480 e. The van der Waals surface area contributed by atoms with Gasteiger partial charge in [-0.2, -0.15) is 0 Å². The van der Waals surface area contributed by atoms with Crippen molar-refractivity contribution in [2.24, 2.45) is 11.8 Å². The number of ether oxygens (including phenoxy) is 1. The first-order chi connectivity index (χ1) is 16.4. The van der Waals surface area contributed by atoms with Crippen LogP contribution in [0.4, 0.5) is 4.79 Å². The Kier molecular flexibility index (Phi) is 7.20. The minimum atomic E-state index is -1.02. The van der Waals surface area contributed by atoms with Crippen molar-refractivity contribution in [1.29, 1.82) is 0 Å². The van der Waals surface area contributed by atoms with Crippen molar-refractivity contribution in [1.82, 2.24) is 10.6 Å². The third-order valence-electron chi connectivity index (χ3n) is 7.25. The molecule has 0 heterocycles. The maximum atomic E-state index is 12.6. The maximum Gasteiger partial charge on any atom is 0.407 e. The van der Waals surface area contributed by atoms with Crippen LogP contribution in [-0.4, -0.2) is 41.8 Å². The number of carbonyl (C=O) groups excluding carboxylic acids is 2. The average Bonchev–Trinajstić information content (AvgIpc) is 3.43. The Balaban J connectivity index is 1.29. The Morgan fingerprint density at radius 2 is 1.65 bits per heavy atom. The topological polar surface area (TPSA) is 105 Å². The lowest BCUT2D eigenvalue weighted by Crippen LogP contribution is -2.47. The maximum absolute atomic E-state index is 12.6. The van der Waals surface area contributed by atoms with E-state index in [2.05, 4.69) is 34.9 Å². The highest BCUT2D eigenvalue weighted by molar-refractivity contribution is 5.85. The molecule has 7 nitrogen and oxygen atoms in total. The van der Waals surface area contributed by atoms with Gasteiger partial charge in [0.1, 0.15) is 12.6 Å². The number of carboxylic acids is 1. The summed E-state index contributed by atoms with van der Waals surface area (Å²) < 4.78 is 5.61. The number of alkyl carbamates (subject to hydrolysis) is 1. The van der Waals surface area contributed by atoms with E-state index in [1.807, 2.05) is 38.1 Å². The smallest absolute Gasteiger partial charge is 0.407 e. The first-order valence-corrected chi connectivity index (χ1v) is 12.0. The SMILES string of the molecule is CCC(C)[C@H](NC(=O)[C@H]1CC[C@@H](NC(=O)OCC2c3ccccc3-c3ccccc32)C1)C(=O)O. The molecule has 0 radical (unpaired) electrons. The molecule has 0 saturated heterocycles. The largest absolute Gasteiger partial charge is 0.480 e. The first-order valence-electron chi connectivity index (χ1n) is 12.0. The van der Waals surface area contributed by atoms with E-state index in [0.717, 1.165) is 11.1 Å². The van der Waals surface area contributed by atoms with Gasteiger partial charge in [-0.05, 0) is 47.4 Å². The van der Waals surface area contributed by atoms with Crippen LogP contribution < -0.4 is 10.6 Å². The zero-order chi connectivity index (χ0) is 24.2. The highest BCUT2D eigenvalue weighted by Crippen LogP contribution is 2.44. The van der Waals surface area contributed by atoms with E-state index in [1.165, 1.54) is 11.1 Å². The van der Waals surface area contributed by atoms with E-state index in [-0.39, 0.29) is 36.3 Å². The van der Waals surface area contributed by atoms with Gasteiger partial charge in [0.15, 0.2) is 0 Å². The Labute approximate surface area is 199 Å². The third kappa shape index (κ3) is 4.93. The van der Waals surface area contributed by atoms with E-state index >= 15 is 0 Å². The van der Waals surface area contributed by atoms with Crippen LogP contribution in [0.25, 0.3) is 11.1 Å². The summed E-state index contributed by atoms with van der Waals surface area (Å²) in [6.07, 6.45) is 1.91. The third-order valence-corrected chi connectivity index (χ3v) is 7.25. The average molecular weight is 465 g/mol. The van der Waals surface area contributed by atoms with Crippen molar-refractivity contribution < 1.29 is 24.2 Å². The van der Waals surface area contributed by atoms with Crippen LogP contribution in [0.5, 0.6) is 0 Å². The molecular weight excluding hydrogens is 432 g/mol. The van der Waals surface area contributed by atoms with Gasteiger partial charge in [0.05, 0.1) is 0 Å². The lowest BCUT2D eigenvalue weighted by Gasteiger charge is -2.22. The van der Waals surface area contributed by atoms with Crippen LogP contribution >= 0.6 is 0 Å². The van der Waals surface area contributed by atoms with Crippen molar-refractivity contribution in [3.8, 4) is 11.1 Å². The van der Waals surface area contributed by atoms with Crippen LogP contribution in [0, 0.1) is 11.8 Å². The Morgan fingerprint density at radius 3 is 2.24 bits per heavy atom. The molecule has 0 bridgehead atoms. The predicted octanol–water partition coefficient (Wildman–Crippen LogP) is 4.31. The number of carboxylic acid groups (broad SMARTS) is 1. The molecule has 3 N–H and O–H groups in total. The Bertz CT molecular complexity index is 1020. The number of fused-ring (bicyclic) bond motifs is 3. The lowest BCUT2D eigenvalue weighted by molar-refractivity contribution is -0.144. The predicted molar refractivity (Wildman–Crippen MR) is 128 cm³/mol. The summed E-state index contributed by atoms with van der Waals surface area (Å²) in [7, 11) is 0. The number of aliphatic carboxylic acids is 1. The lowest BCUT2D eigenvalue weighted by atomic mass is 9.98. The van der Waals surface area contributed by atoms with Gasteiger partial charge in [-0.25, -0.2) is 9.59 Å². The molecule has 2 aliphatic carbocycles. The van der Waals surface area contributed by atoms with Crippen molar-refractivity contribution in [3.05, 3.63) is 59.7 Å². The molecule has 180 valence electrons. The van der Waals surface area contributed by atoms with Crippen molar-refractivity contribution >= 4 is 18.0 Å². The van der Waals surface area contributed by atoms with E-state index in [0.29, 0.717) is 25.7 Å². The van der Waals surface area contributed by atoms with Gasteiger partial charge in [0.2, 0.25) is 5.91 Å². The number of benzene rings is 2. The fraction of sp³-hybridized carbons (Fsp3) is 0.444. The van der Waals surface area contributed by atoms with E-state index in [9.17, 15) is 19.5 Å². The van der Waals surface area contributed by atoms with Crippen molar-refractivity contribution in [2.45, 2.75) is 57.5 Å². The fourth-order valence-electron chi connectivity index (χ4n) is 5.11. The highest BCUT2D eigenvalue weighted by atomic mass is 16.5. The second-order valence-corrected chi connectivity index (χ2v) is 9.39. The van der Waals surface area contributed by atoms with E-state index in [4.69, 9.17) is 4.74 Å². The zero-order valence-electron chi connectivity index (χ0n) is 19.6. The standard InChI is InChI=1S/C27H32N2O5/c1-3-16(2)24(26(31)32)29-25(30)17-12-13-18(14-17)28-27(33)34-15-23-21-10-6-4-8-19(21)20-9-5-7-11-22(20)23/h4-11,16-18,23-24H,3,12-15H2,1-2H3,(H,28,33)(H,29,30)(H,31,32)/t16?,17-,18+,24-/m0/s1. The summed E-state index contributed by atoms with van der Waals surface area (Å²) in [6.45, 7) is 3.96. The van der Waals surface area contributed by atoms with E-state index < -0.39 is 18.1 Å². The number of rotatable bonds is 8. The van der Waals surface area contributed by atoms with Gasteiger partial charge in [0.25, 0.3) is 0 Å². The van der Waals surface area contributed by atoms with Crippen LogP contribution in [0.15, 0.2) is 48.5 Å². The second-order valence-electron chi connectivity index (χ2n) is 9.39. The monoisotopic (exact) mass is 464 g/mol.